The van der Waals surface area contributed by atoms with Crippen molar-refractivity contribution in [1.82, 2.24) is 25.9 Å². The maximum atomic E-state index is 11.0. The number of hydrogen-bond acceptors (Lipinski definition) is 5. The molecule has 0 bridgehead atoms. The van der Waals surface area contributed by atoms with E-state index in [1.807, 2.05) is 31.2 Å². The number of nitrogens with zero attached hydrogens (tertiary/aromatic N) is 3. The van der Waals surface area contributed by atoms with Crippen molar-refractivity contribution in [3.05, 3.63) is 41.2 Å². The number of aryl methyl sites for hydroxylation is 1. The van der Waals surface area contributed by atoms with Crippen molar-refractivity contribution in [2.45, 2.75) is 19.4 Å². The first-order chi connectivity index (χ1) is 10.4. The Hall–Kier alpha value is -2.04. The van der Waals surface area contributed by atoms with Crippen molar-refractivity contribution >= 4 is 7.60 Å². The van der Waals surface area contributed by atoms with Crippen LogP contribution in [0.3, 0.4) is 0 Å². The first kappa shape index (κ1) is 16.3. The molecule has 0 aliphatic carbocycles. The third kappa shape index (κ3) is 5.39. The van der Waals surface area contributed by atoms with Crippen LogP contribution in [0.5, 0.6) is 0 Å². The van der Waals surface area contributed by atoms with Crippen molar-refractivity contribution in [3.8, 4) is 11.8 Å². The lowest BCUT2D eigenvalue weighted by Crippen LogP contribution is -2.23. The molecule has 1 heterocycles. The standard InChI is InChI=1S/C13H16N5O3P/c1-10-5-7-11(8-6-10)3-2-4-12(13-15-17-18-16-13)14-9-22(19,20)21/h5-8,12,14H,4,9H2,1H3,(H2,19,20,21)(H,15,16,17,18)/t12-/m1/s1. The number of hydrogen-bond donors (Lipinski definition) is 4. The molecule has 2 rings (SSSR count). The number of aromatic nitrogens is 4. The van der Waals surface area contributed by atoms with Crippen LogP contribution in [0.2, 0.25) is 0 Å². The van der Waals surface area contributed by atoms with Gasteiger partial charge in [-0.3, -0.25) is 9.88 Å². The second-order valence-corrected chi connectivity index (χ2v) is 6.37. The van der Waals surface area contributed by atoms with Crippen LogP contribution in [-0.2, 0) is 4.57 Å². The van der Waals surface area contributed by atoms with E-state index in [0.717, 1.165) is 11.1 Å². The van der Waals surface area contributed by atoms with E-state index in [2.05, 4.69) is 37.8 Å². The molecule has 0 spiro atoms. The molecular weight excluding hydrogens is 305 g/mol. The summed E-state index contributed by atoms with van der Waals surface area (Å²) in [5, 5.41) is 16.1. The largest absolute Gasteiger partial charge is 0.339 e. The van der Waals surface area contributed by atoms with Crippen LogP contribution in [0.15, 0.2) is 24.3 Å². The Kier molecular flexibility index (Phi) is 5.41. The third-order valence-corrected chi connectivity index (χ3v) is 3.40. The highest BCUT2D eigenvalue weighted by Gasteiger charge is 2.20. The van der Waals surface area contributed by atoms with E-state index in [4.69, 9.17) is 9.79 Å². The van der Waals surface area contributed by atoms with Crippen LogP contribution in [0, 0.1) is 18.8 Å². The van der Waals surface area contributed by atoms with Crippen LogP contribution >= 0.6 is 7.60 Å². The lowest BCUT2D eigenvalue weighted by Gasteiger charge is -2.12. The summed E-state index contributed by atoms with van der Waals surface area (Å²) in [4.78, 5) is 17.9. The van der Waals surface area contributed by atoms with Gasteiger partial charge < -0.3 is 9.79 Å². The second-order valence-electron chi connectivity index (χ2n) is 4.72. The number of benzene rings is 1. The van der Waals surface area contributed by atoms with Gasteiger partial charge in [0.25, 0.3) is 0 Å². The van der Waals surface area contributed by atoms with E-state index < -0.39 is 19.9 Å². The fraction of sp³-hybridized carbons (Fsp3) is 0.308. The molecule has 0 saturated carbocycles. The summed E-state index contributed by atoms with van der Waals surface area (Å²) in [6.45, 7) is 2.00. The molecule has 9 heteroatoms. The molecule has 1 aromatic carbocycles. The second kappa shape index (κ2) is 7.29. The SMILES string of the molecule is Cc1ccc(C#CC[C@@H](NCP(=O)(O)O)c2nn[nH]n2)cc1. The Balaban J connectivity index is 2.04. The lowest BCUT2D eigenvalue weighted by atomic mass is 10.1. The topological polar surface area (TPSA) is 124 Å². The molecule has 0 radical (unpaired) electrons. The summed E-state index contributed by atoms with van der Waals surface area (Å²) in [5.41, 5.74) is 2.02. The average molecular weight is 321 g/mol. The zero-order valence-corrected chi connectivity index (χ0v) is 12.8. The molecule has 1 aromatic heterocycles. The Labute approximate surface area is 127 Å². The molecule has 0 fully saturated rings. The van der Waals surface area contributed by atoms with Crippen LogP contribution in [0.1, 0.15) is 29.4 Å². The number of aromatic amines is 1. The molecule has 22 heavy (non-hydrogen) atoms. The molecule has 116 valence electrons. The van der Waals surface area contributed by atoms with Crippen molar-refractivity contribution in [2.24, 2.45) is 0 Å². The normalized spacial score (nSPS) is 12.5. The molecule has 0 aliphatic heterocycles. The van der Waals surface area contributed by atoms with Gasteiger partial charge in [0, 0.05) is 12.0 Å². The molecule has 8 nitrogen and oxygen atoms in total. The van der Waals surface area contributed by atoms with E-state index in [0.29, 0.717) is 12.2 Å². The van der Waals surface area contributed by atoms with E-state index in [1.54, 1.807) is 0 Å². The summed E-state index contributed by atoms with van der Waals surface area (Å²) in [5.74, 6) is 6.26. The Bertz CT molecular complexity index is 700. The highest BCUT2D eigenvalue weighted by atomic mass is 31.2. The predicted octanol–water partition coefficient (Wildman–Crippen LogP) is 0.716. The molecule has 2 aromatic rings. The smallest absolute Gasteiger partial charge is 0.324 e. The van der Waals surface area contributed by atoms with E-state index >= 15 is 0 Å². The summed E-state index contributed by atoms with van der Waals surface area (Å²) < 4.78 is 11.0. The maximum Gasteiger partial charge on any atom is 0.339 e. The summed E-state index contributed by atoms with van der Waals surface area (Å²) in [6.07, 6.45) is -0.175. The summed E-state index contributed by atoms with van der Waals surface area (Å²) in [6, 6.07) is 7.24. The third-order valence-electron chi connectivity index (χ3n) is 2.81. The van der Waals surface area contributed by atoms with Crippen molar-refractivity contribution in [3.63, 3.8) is 0 Å². The van der Waals surface area contributed by atoms with E-state index in [1.165, 1.54) is 0 Å². The molecule has 0 saturated heterocycles. The Morgan fingerprint density at radius 1 is 1.36 bits per heavy atom. The zero-order valence-electron chi connectivity index (χ0n) is 11.9. The van der Waals surface area contributed by atoms with Crippen molar-refractivity contribution in [2.75, 3.05) is 6.29 Å². The number of tetrazole rings is 1. The van der Waals surface area contributed by atoms with Gasteiger partial charge in [0.05, 0.1) is 12.3 Å². The highest BCUT2D eigenvalue weighted by molar-refractivity contribution is 7.51. The Morgan fingerprint density at radius 3 is 2.68 bits per heavy atom. The zero-order chi connectivity index (χ0) is 16.0. The number of nitrogens with one attached hydrogen (secondary N) is 2. The van der Waals surface area contributed by atoms with E-state index in [9.17, 15) is 4.57 Å². The number of rotatable bonds is 5. The van der Waals surface area contributed by atoms with Gasteiger partial charge in [-0.1, -0.05) is 34.8 Å². The molecule has 1 atom stereocenters. The average Bonchev–Trinajstić information content (AvgIpc) is 2.97. The van der Waals surface area contributed by atoms with Crippen LogP contribution in [-0.4, -0.2) is 36.7 Å². The first-order valence-corrected chi connectivity index (χ1v) is 8.30. The first-order valence-electron chi connectivity index (χ1n) is 6.51. The quantitative estimate of drug-likeness (QED) is 0.472. The predicted molar refractivity (Wildman–Crippen MR) is 79.6 cm³/mol. The van der Waals surface area contributed by atoms with Gasteiger partial charge in [0.2, 0.25) is 0 Å². The number of H-pyrrole nitrogens is 1. The fourth-order valence-corrected chi connectivity index (χ4v) is 2.15. The van der Waals surface area contributed by atoms with Gasteiger partial charge in [-0.2, -0.15) is 5.21 Å². The summed E-state index contributed by atoms with van der Waals surface area (Å²) in [7, 11) is -4.16. The Morgan fingerprint density at radius 2 is 2.09 bits per heavy atom. The van der Waals surface area contributed by atoms with Gasteiger partial charge in [-0.05, 0) is 19.1 Å². The van der Waals surface area contributed by atoms with Crippen LogP contribution in [0.25, 0.3) is 0 Å². The minimum Gasteiger partial charge on any atom is -0.324 e. The van der Waals surface area contributed by atoms with E-state index in [-0.39, 0.29) is 0 Å². The minimum absolute atomic E-state index is 0.299. The van der Waals surface area contributed by atoms with Crippen molar-refractivity contribution in [1.29, 1.82) is 0 Å². The van der Waals surface area contributed by atoms with Gasteiger partial charge in [-0.25, -0.2) is 0 Å². The van der Waals surface area contributed by atoms with Gasteiger partial charge >= 0.3 is 7.60 Å². The van der Waals surface area contributed by atoms with Gasteiger partial charge in [-0.15, -0.1) is 10.2 Å². The lowest BCUT2D eigenvalue weighted by molar-refractivity contribution is 0.362. The molecular formula is C13H16N5O3P. The summed E-state index contributed by atoms with van der Waals surface area (Å²) >= 11 is 0. The van der Waals surface area contributed by atoms with Crippen LogP contribution in [0.4, 0.5) is 0 Å². The van der Waals surface area contributed by atoms with Crippen LogP contribution < -0.4 is 5.32 Å². The monoisotopic (exact) mass is 321 g/mol. The molecule has 4 N–H and O–H groups in total. The fourth-order valence-electron chi connectivity index (χ4n) is 1.69. The maximum absolute atomic E-state index is 11.0. The minimum atomic E-state index is -4.16. The molecule has 0 aliphatic rings. The van der Waals surface area contributed by atoms with Crippen molar-refractivity contribution < 1.29 is 14.4 Å². The highest BCUT2D eigenvalue weighted by Crippen LogP contribution is 2.33. The van der Waals surface area contributed by atoms with Gasteiger partial charge in [0.1, 0.15) is 0 Å². The molecule has 0 amide bonds. The molecule has 0 unspecified atom stereocenters. The van der Waals surface area contributed by atoms with Gasteiger partial charge in [0.15, 0.2) is 5.82 Å².